The summed E-state index contributed by atoms with van der Waals surface area (Å²) in [5.41, 5.74) is 2.37. The molecule has 120 valence electrons. The largest absolute Gasteiger partial charge is 0.487 e. The minimum absolute atomic E-state index is 0.192. The van der Waals surface area contributed by atoms with Crippen LogP contribution in [-0.2, 0) is 6.61 Å². The van der Waals surface area contributed by atoms with Gasteiger partial charge in [-0.25, -0.2) is 0 Å². The van der Waals surface area contributed by atoms with Crippen LogP contribution in [0.3, 0.4) is 0 Å². The van der Waals surface area contributed by atoms with Crippen LogP contribution in [0.5, 0.6) is 5.75 Å². The number of nitrogens with one attached hydrogen (secondary N) is 1. The topological polar surface area (TPSA) is 55.1 Å². The Bertz CT molecular complexity index is 903. The Morgan fingerprint density at radius 2 is 1.75 bits per heavy atom. The smallest absolute Gasteiger partial charge is 0.273 e. The third-order valence-corrected chi connectivity index (χ3v) is 4.30. The van der Waals surface area contributed by atoms with Crippen LogP contribution in [0.25, 0.3) is 5.69 Å². The van der Waals surface area contributed by atoms with Crippen molar-refractivity contribution in [2.45, 2.75) is 6.61 Å². The molecule has 24 heavy (non-hydrogen) atoms. The summed E-state index contributed by atoms with van der Waals surface area (Å²) < 4.78 is 7.66. The Morgan fingerprint density at radius 1 is 1.04 bits per heavy atom. The number of nitrogens with zero attached hydrogens (tertiary/aromatic N) is 1. The molecule has 3 rings (SSSR count). The SMILES string of the molecule is N=Cc1ccc(-n2ccc(OCc3ccccc3)c(Br)c2=O)cc1. The highest BCUT2D eigenvalue weighted by molar-refractivity contribution is 9.10. The highest BCUT2D eigenvalue weighted by atomic mass is 79.9. The number of benzene rings is 2. The monoisotopic (exact) mass is 382 g/mol. The first kappa shape index (κ1) is 16.2. The van der Waals surface area contributed by atoms with Crippen LogP contribution >= 0.6 is 15.9 Å². The van der Waals surface area contributed by atoms with Gasteiger partial charge in [0.05, 0.1) is 0 Å². The fourth-order valence-corrected chi connectivity index (χ4v) is 2.71. The first-order valence-electron chi connectivity index (χ1n) is 7.38. The van der Waals surface area contributed by atoms with E-state index in [1.165, 1.54) is 10.8 Å². The van der Waals surface area contributed by atoms with Gasteiger partial charge in [0.15, 0.2) is 0 Å². The molecule has 2 aromatic carbocycles. The van der Waals surface area contributed by atoms with Crippen molar-refractivity contribution < 1.29 is 4.74 Å². The lowest BCUT2D eigenvalue weighted by Crippen LogP contribution is -2.19. The zero-order valence-electron chi connectivity index (χ0n) is 12.8. The molecule has 0 fully saturated rings. The Labute approximate surface area is 148 Å². The van der Waals surface area contributed by atoms with Crippen LogP contribution < -0.4 is 10.3 Å². The van der Waals surface area contributed by atoms with Gasteiger partial charge in [-0.05, 0) is 45.3 Å². The Morgan fingerprint density at radius 3 is 2.42 bits per heavy atom. The molecule has 1 heterocycles. The number of rotatable bonds is 5. The van der Waals surface area contributed by atoms with Crippen molar-refractivity contribution in [3.63, 3.8) is 0 Å². The molecule has 0 bridgehead atoms. The van der Waals surface area contributed by atoms with E-state index in [0.717, 1.165) is 16.8 Å². The minimum Gasteiger partial charge on any atom is -0.487 e. The Kier molecular flexibility index (Phi) is 4.91. The second-order valence-corrected chi connectivity index (χ2v) is 5.97. The van der Waals surface area contributed by atoms with E-state index in [9.17, 15) is 4.79 Å². The van der Waals surface area contributed by atoms with Crippen LogP contribution in [0, 0.1) is 5.41 Å². The van der Waals surface area contributed by atoms with Gasteiger partial charge >= 0.3 is 0 Å². The summed E-state index contributed by atoms with van der Waals surface area (Å²) in [6.45, 7) is 0.400. The van der Waals surface area contributed by atoms with Crippen molar-refractivity contribution in [2.75, 3.05) is 0 Å². The molecule has 0 aliphatic rings. The molecule has 0 saturated heterocycles. The number of pyridine rings is 1. The molecule has 0 aliphatic carbocycles. The van der Waals surface area contributed by atoms with Gasteiger partial charge in [-0.1, -0.05) is 42.5 Å². The molecule has 5 heteroatoms. The van der Waals surface area contributed by atoms with Crippen LogP contribution in [0.1, 0.15) is 11.1 Å². The molecule has 1 aromatic heterocycles. The summed E-state index contributed by atoms with van der Waals surface area (Å²) in [5.74, 6) is 0.510. The van der Waals surface area contributed by atoms with Gasteiger partial charge in [-0.2, -0.15) is 0 Å². The van der Waals surface area contributed by atoms with Gasteiger partial charge in [0.1, 0.15) is 16.8 Å². The van der Waals surface area contributed by atoms with Gasteiger partial charge in [0.25, 0.3) is 5.56 Å². The molecule has 0 spiro atoms. The van der Waals surface area contributed by atoms with Gasteiger partial charge < -0.3 is 10.1 Å². The highest BCUT2D eigenvalue weighted by Gasteiger charge is 2.10. The fourth-order valence-electron chi connectivity index (χ4n) is 2.28. The molecule has 1 N–H and O–H groups in total. The zero-order valence-corrected chi connectivity index (χ0v) is 14.4. The molecule has 0 amide bonds. The van der Waals surface area contributed by atoms with Crippen LogP contribution in [0.2, 0.25) is 0 Å². The second kappa shape index (κ2) is 7.27. The maximum Gasteiger partial charge on any atom is 0.273 e. The van der Waals surface area contributed by atoms with Gasteiger partial charge in [-0.3, -0.25) is 9.36 Å². The van der Waals surface area contributed by atoms with E-state index in [2.05, 4.69) is 15.9 Å². The number of halogens is 1. The van der Waals surface area contributed by atoms with Crippen LogP contribution in [0.15, 0.2) is 76.1 Å². The number of hydrogen-bond donors (Lipinski definition) is 1. The molecular formula is C19H15BrN2O2. The first-order valence-corrected chi connectivity index (χ1v) is 8.17. The second-order valence-electron chi connectivity index (χ2n) is 5.18. The summed E-state index contributed by atoms with van der Waals surface area (Å²) in [4.78, 5) is 12.5. The molecule has 0 aliphatic heterocycles. The third kappa shape index (κ3) is 3.46. The summed E-state index contributed by atoms with van der Waals surface area (Å²) in [7, 11) is 0. The fraction of sp³-hybridized carbons (Fsp3) is 0.0526. The Hall–Kier alpha value is -2.66. The predicted molar refractivity (Wildman–Crippen MR) is 98.4 cm³/mol. The van der Waals surface area contributed by atoms with Crippen molar-refractivity contribution >= 4 is 22.1 Å². The molecule has 0 radical (unpaired) electrons. The number of hydrogen-bond acceptors (Lipinski definition) is 3. The third-order valence-electron chi connectivity index (χ3n) is 3.57. The van der Waals surface area contributed by atoms with Crippen molar-refractivity contribution in [1.29, 1.82) is 5.41 Å². The normalized spacial score (nSPS) is 10.4. The van der Waals surface area contributed by atoms with Crippen molar-refractivity contribution in [2.24, 2.45) is 0 Å². The highest BCUT2D eigenvalue weighted by Crippen LogP contribution is 2.22. The Balaban J connectivity index is 1.85. The molecular weight excluding hydrogens is 368 g/mol. The van der Waals surface area contributed by atoms with Crippen LogP contribution in [-0.4, -0.2) is 10.8 Å². The van der Waals surface area contributed by atoms with E-state index in [1.807, 2.05) is 30.3 Å². The lowest BCUT2D eigenvalue weighted by Gasteiger charge is -2.11. The maximum atomic E-state index is 12.5. The van der Waals surface area contributed by atoms with E-state index in [-0.39, 0.29) is 5.56 Å². The van der Waals surface area contributed by atoms with Gasteiger partial charge in [0, 0.05) is 18.1 Å². The lowest BCUT2D eigenvalue weighted by atomic mass is 10.2. The molecule has 0 atom stereocenters. The van der Waals surface area contributed by atoms with Crippen LogP contribution in [0.4, 0.5) is 0 Å². The zero-order chi connectivity index (χ0) is 16.9. The van der Waals surface area contributed by atoms with E-state index >= 15 is 0 Å². The van der Waals surface area contributed by atoms with Gasteiger partial charge in [-0.15, -0.1) is 0 Å². The standard InChI is InChI=1S/C19H15BrN2O2/c20-18-17(24-13-15-4-2-1-3-5-15)10-11-22(19(18)23)16-8-6-14(12-21)7-9-16/h1-12,21H,13H2. The van der Waals surface area contributed by atoms with E-state index in [1.54, 1.807) is 36.5 Å². The molecule has 0 unspecified atom stereocenters. The minimum atomic E-state index is -0.192. The first-order chi connectivity index (χ1) is 11.7. The summed E-state index contributed by atoms with van der Waals surface area (Å²) in [5, 5.41) is 7.22. The van der Waals surface area contributed by atoms with E-state index in [4.69, 9.17) is 10.1 Å². The van der Waals surface area contributed by atoms with E-state index < -0.39 is 0 Å². The number of aromatic nitrogens is 1. The summed E-state index contributed by atoms with van der Waals surface area (Å²) in [6.07, 6.45) is 2.95. The number of ether oxygens (including phenoxy) is 1. The predicted octanol–water partition coefficient (Wildman–Crippen LogP) is 4.18. The maximum absolute atomic E-state index is 12.5. The van der Waals surface area contributed by atoms with Gasteiger partial charge in [0.2, 0.25) is 0 Å². The molecule has 4 nitrogen and oxygen atoms in total. The van der Waals surface area contributed by atoms with Crippen molar-refractivity contribution in [1.82, 2.24) is 4.57 Å². The average molecular weight is 383 g/mol. The summed E-state index contributed by atoms with van der Waals surface area (Å²) >= 11 is 3.34. The summed E-state index contributed by atoms with van der Waals surface area (Å²) in [6, 6.07) is 18.7. The molecule has 0 saturated carbocycles. The molecule has 3 aromatic rings. The van der Waals surface area contributed by atoms with E-state index in [0.29, 0.717) is 16.8 Å². The quantitative estimate of drug-likeness (QED) is 0.673. The average Bonchev–Trinajstić information content (AvgIpc) is 2.64. The lowest BCUT2D eigenvalue weighted by molar-refractivity contribution is 0.303. The van der Waals surface area contributed by atoms with Crippen molar-refractivity contribution in [3.8, 4) is 11.4 Å². The van der Waals surface area contributed by atoms with Crippen molar-refractivity contribution in [3.05, 3.63) is 92.8 Å².